The van der Waals surface area contributed by atoms with E-state index in [1.807, 2.05) is 6.92 Å². The molecule has 0 saturated carbocycles. The molecule has 1 N–H and O–H groups in total. The number of nitrogens with one attached hydrogen (secondary N) is 1. The van der Waals surface area contributed by atoms with Crippen LogP contribution in [0.4, 0.5) is 5.69 Å². The van der Waals surface area contributed by atoms with Crippen molar-refractivity contribution in [1.82, 2.24) is 15.0 Å². The van der Waals surface area contributed by atoms with Gasteiger partial charge in [0.15, 0.2) is 5.69 Å². The molecule has 2 rings (SSSR count). The number of nitrogens with zero attached hydrogens (tertiary/aromatic N) is 3. The predicted molar refractivity (Wildman–Crippen MR) is 88.9 cm³/mol. The van der Waals surface area contributed by atoms with E-state index in [0.717, 1.165) is 18.9 Å². The number of esters is 2. The standard InChI is InChI=1S/C16H18N4O6/c1-4-26-11-8-6-5-7-10(11)17-12(21)9-20-14(16(23)25-3)13(18-19-20)15(22)24-2/h5-8H,4,9H2,1-3H3,(H,17,21). The van der Waals surface area contributed by atoms with E-state index in [9.17, 15) is 14.4 Å². The molecule has 0 radical (unpaired) electrons. The summed E-state index contributed by atoms with van der Waals surface area (Å²) in [6, 6.07) is 6.90. The van der Waals surface area contributed by atoms with Crippen molar-refractivity contribution in [1.29, 1.82) is 0 Å². The predicted octanol–water partition coefficient (Wildman–Crippen LogP) is 0.889. The monoisotopic (exact) mass is 362 g/mol. The second kappa shape index (κ2) is 8.60. The fourth-order valence-corrected chi connectivity index (χ4v) is 2.13. The summed E-state index contributed by atoms with van der Waals surface area (Å²) in [7, 11) is 2.28. The van der Waals surface area contributed by atoms with Crippen molar-refractivity contribution in [2.45, 2.75) is 13.5 Å². The quantitative estimate of drug-likeness (QED) is 0.721. The second-order valence-electron chi connectivity index (χ2n) is 4.90. The molecule has 1 amide bonds. The minimum atomic E-state index is -0.863. The molecule has 1 aromatic carbocycles. The zero-order chi connectivity index (χ0) is 19.1. The SMILES string of the molecule is CCOc1ccccc1NC(=O)Cn1nnc(C(=O)OC)c1C(=O)OC. The summed E-state index contributed by atoms with van der Waals surface area (Å²) in [6.07, 6.45) is 0. The lowest BCUT2D eigenvalue weighted by Crippen LogP contribution is -2.24. The van der Waals surface area contributed by atoms with Crippen molar-refractivity contribution in [3.05, 3.63) is 35.7 Å². The molecule has 0 fully saturated rings. The van der Waals surface area contributed by atoms with E-state index < -0.39 is 17.8 Å². The summed E-state index contributed by atoms with van der Waals surface area (Å²) in [5.41, 5.74) is -0.137. The lowest BCUT2D eigenvalue weighted by atomic mass is 10.3. The second-order valence-corrected chi connectivity index (χ2v) is 4.90. The van der Waals surface area contributed by atoms with Gasteiger partial charge < -0.3 is 19.5 Å². The summed E-state index contributed by atoms with van der Waals surface area (Å²) in [4.78, 5) is 36.0. The maximum atomic E-state index is 12.3. The van der Waals surface area contributed by atoms with Crippen LogP contribution in [-0.4, -0.2) is 53.7 Å². The van der Waals surface area contributed by atoms with Gasteiger partial charge in [0.1, 0.15) is 12.3 Å². The number of hydrogen-bond acceptors (Lipinski definition) is 8. The van der Waals surface area contributed by atoms with Gasteiger partial charge in [0, 0.05) is 0 Å². The van der Waals surface area contributed by atoms with Crippen LogP contribution in [0, 0.1) is 0 Å². The van der Waals surface area contributed by atoms with Crippen LogP contribution in [0.1, 0.15) is 27.9 Å². The van der Waals surface area contributed by atoms with Crippen molar-refractivity contribution in [2.75, 3.05) is 26.1 Å². The Kier molecular flexibility index (Phi) is 6.25. The van der Waals surface area contributed by atoms with E-state index in [1.54, 1.807) is 24.3 Å². The smallest absolute Gasteiger partial charge is 0.361 e. The van der Waals surface area contributed by atoms with Gasteiger partial charge in [-0.1, -0.05) is 17.3 Å². The molecule has 138 valence electrons. The first-order valence-electron chi connectivity index (χ1n) is 7.63. The van der Waals surface area contributed by atoms with E-state index in [4.69, 9.17) is 4.74 Å². The molecule has 0 unspecified atom stereocenters. The van der Waals surface area contributed by atoms with Crippen molar-refractivity contribution in [3.8, 4) is 5.75 Å². The van der Waals surface area contributed by atoms with E-state index in [1.165, 1.54) is 0 Å². The third-order valence-corrected chi connectivity index (χ3v) is 3.25. The topological polar surface area (TPSA) is 122 Å². The summed E-state index contributed by atoms with van der Waals surface area (Å²) in [6.45, 7) is 1.89. The number of carbonyl (C=O) groups is 3. The fourth-order valence-electron chi connectivity index (χ4n) is 2.13. The molecule has 0 aliphatic heterocycles. The lowest BCUT2D eigenvalue weighted by Gasteiger charge is -2.11. The van der Waals surface area contributed by atoms with E-state index >= 15 is 0 Å². The lowest BCUT2D eigenvalue weighted by molar-refractivity contribution is -0.117. The van der Waals surface area contributed by atoms with Crippen LogP contribution in [-0.2, 0) is 20.8 Å². The largest absolute Gasteiger partial charge is 0.492 e. The zero-order valence-electron chi connectivity index (χ0n) is 14.5. The Hall–Kier alpha value is -3.43. The van der Waals surface area contributed by atoms with Gasteiger partial charge in [-0.3, -0.25) is 4.79 Å². The molecule has 10 nitrogen and oxygen atoms in total. The average molecular weight is 362 g/mol. The van der Waals surface area contributed by atoms with Crippen LogP contribution in [0.25, 0.3) is 0 Å². The van der Waals surface area contributed by atoms with Gasteiger partial charge in [-0.05, 0) is 19.1 Å². The molecule has 0 aliphatic carbocycles. The number of para-hydroxylation sites is 2. The van der Waals surface area contributed by atoms with Gasteiger partial charge in [0.25, 0.3) is 0 Å². The maximum absolute atomic E-state index is 12.3. The molecule has 10 heteroatoms. The molecule has 0 aliphatic rings. The number of methoxy groups -OCH3 is 2. The number of carbonyl (C=O) groups excluding carboxylic acids is 3. The minimum absolute atomic E-state index is 0.271. The van der Waals surface area contributed by atoms with Gasteiger partial charge in [0.05, 0.1) is 26.5 Å². The van der Waals surface area contributed by atoms with Crippen LogP contribution < -0.4 is 10.1 Å². The summed E-state index contributed by atoms with van der Waals surface area (Å²) in [5.74, 6) is -1.72. The van der Waals surface area contributed by atoms with E-state index in [-0.39, 0.29) is 17.9 Å². The van der Waals surface area contributed by atoms with Gasteiger partial charge in [-0.2, -0.15) is 0 Å². The summed E-state index contributed by atoms with van der Waals surface area (Å²) < 4.78 is 15.6. The minimum Gasteiger partial charge on any atom is -0.492 e. The number of benzene rings is 1. The Morgan fingerprint density at radius 1 is 1.12 bits per heavy atom. The van der Waals surface area contributed by atoms with Crippen LogP contribution >= 0.6 is 0 Å². The number of aromatic nitrogens is 3. The molecule has 0 atom stereocenters. The number of amides is 1. The average Bonchev–Trinajstić information content (AvgIpc) is 3.05. The van der Waals surface area contributed by atoms with Crippen LogP contribution in [0.3, 0.4) is 0 Å². The van der Waals surface area contributed by atoms with Crippen molar-refractivity contribution < 1.29 is 28.6 Å². The number of rotatable bonds is 7. The van der Waals surface area contributed by atoms with Crippen molar-refractivity contribution in [3.63, 3.8) is 0 Å². The Balaban J connectivity index is 2.23. The Labute approximate surface area is 149 Å². The molecule has 0 saturated heterocycles. The molecule has 0 spiro atoms. The molecule has 2 aromatic rings. The first-order valence-corrected chi connectivity index (χ1v) is 7.63. The first kappa shape index (κ1) is 18.9. The third-order valence-electron chi connectivity index (χ3n) is 3.25. The number of ether oxygens (including phenoxy) is 3. The highest BCUT2D eigenvalue weighted by Crippen LogP contribution is 2.23. The number of anilines is 1. The van der Waals surface area contributed by atoms with Crippen molar-refractivity contribution >= 4 is 23.5 Å². The van der Waals surface area contributed by atoms with Gasteiger partial charge >= 0.3 is 11.9 Å². The van der Waals surface area contributed by atoms with Crippen LogP contribution in [0.5, 0.6) is 5.75 Å². The molecule has 1 heterocycles. The van der Waals surface area contributed by atoms with Gasteiger partial charge in [-0.15, -0.1) is 5.10 Å². The Morgan fingerprint density at radius 2 is 1.81 bits per heavy atom. The molecule has 0 bridgehead atoms. The summed E-state index contributed by atoms with van der Waals surface area (Å²) >= 11 is 0. The van der Waals surface area contributed by atoms with Crippen molar-refractivity contribution in [2.24, 2.45) is 0 Å². The molecular formula is C16H18N4O6. The highest BCUT2D eigenvalue weighted by Gasteiger charge is 2.27. The highest BCUT2D eigenvalue weighted by molar-refractivity contribution is 6.01. The Morgan fingerprint density at radius 3 is 2.46 bits per heavy atom. The fraction of sp³-hybridized carbons (Fsp3) is 0.312. The molecule has 26 heavy (non-hydrogen) atoms. The highest BCUT2D eigenvalue weighted by atomic mass is 16.5. The van der Waals surface area contributed by atoms with E-state index in [2.05, 4.69) is 25.1 Å². The van der Waals surface area contributed by atoms with Gasteiger partial charge in [0.2, 0.25) is 11.6 Å². The molecular weight excluding hydrogens is 344 g/mol. The maximum Gasteiger partial charge on any atom is 0.361 e. The Bertz CT molecular complexity index is 817. The van der Waals surface area contributed by atoms with Crippen LogP contribution in [0.15, 0.2) is 24.3 Å². The third kappa shape index (κ3) is 4.15. The van der Waals surface area contributed by atoms with Crippen LogP contribution in [0.2, 0.25) is 0 Å². The van der Waals surface area contributed by atoms with E-state index in [0.29, 0.717) is 18.0 Å². The van der Waals surface area contributed by atoms with Gasteiger partial charge in [-0.25, -0.2) is 14.3 Å². The summed E-state index contributed by atoms with van der Waals surface area (Å²) in [5, 5.41) is 9.92. The number of hydrogen-bond donors (Lipinski definition) is 1. The molecule has 1 aromatic heterocycles. The normalized spacial score (nSPS) is 10.1. The first-order chi connectivity index (χ1) is 12.5. The zero-order valence-corrected chi connectivity index (χ0v) is 14.5.